The Morgan fingerprint density at radius 2 is 1.75 bits per heavy atom. The minimum atomic E-state index is -1.02. The first-order valence-corrected chi connectivity index (χ1v) is 12.7. The van der Waals surface area contributed by atoms with E-state index in [-0.39, 0.29) is 24.4 Å². The normalized spacial score (nSPS) is 13.8. The molecule has 3 amide bonds. The molecule has 8 heteroatoms. The van der Waals surface area contributed by atoms with E-state index in [2.05, 4.69) is 10.6 Å². The molecule has 3 atom stereocenters. The number of alkyl carbamates (subject to hydrolysis) is 1. The predicted molar refractivity (Wildman–Crippen MR) is 141 cm³/mol. The lowest BCUT2D eigenvalue weighted by molar-refractivity contribution is -0.142. The Morgan fingerprint density at radius 1 is 1.11 bits per heavy atom. The summed E-state index contributed by atoms with van der Waals surface area (Å²) in [6.45, 7) is 16.6. The van der Waals surface area contributed by atoms with Gasteiger partial charge in [0.25, 0.3) is 0 Å². The molecule has 2 N–H and O–H groups in total. The Hall–Kier alpha value is -3.08. The fourth-order valence-electron chi connectivity index (χ4n) is 4.06. The van der Waals surface area contributed by atoms with Crippen molar-refractivity contribution >= 4 is 17.9 Å². The maximum Gasteiger partial charge on any atom is 0.408 e. The number of rotatable bonds is 11. The molecule has 200 valence electrons. The highest BCUT2D eigenvalue weighted by Gasteiger charge is 2.37. The highest BCUT2D eigenvalue weighted by molar-refractivity contribution is 5.92. The highest BCUT2D eigenvalue weighted by Crippen LogP contribution is 2.28. The van der Waals surface area contributed by atoms with Gasteiger partial charge in [-0.3, -0.25) is 9.59 Å². The van der Waals surface area contributed by atoms with Crippen molar-refractivity contribution in [3.63, 3.8) is 0 Å². The lowest BCUT2D eigenvalue weighted by Crippen LogP contribution is -2.54. The fraction of sp³-hybridized carbons (Fsp3) is 0.643. The van der Waals surface area contributed by atoms with Gasteiger partial charge in [-0.1, -0.05) is 45.4 Å². The number of carbonyl (C=O) groups is 3. The lowest BCUT2D eigenvalue weighted by atomic mass is 9.94. The van der Waals surface area contributed by atoms with E-state index in [1.165, 1.54) is 4.90 Å². The van der Waals surface area contributed by atoms with Crippen molar-refractivity contribution in [1.82, 2.24) is 15.5 Å². The quantitative estimate of drug-likeness (QED) is 0.418. The van der Waals surface area contributed by atoms with Gasteiger partial charge in [-0.05, 0) is 77.0 Å². The van der Waals surface area contributed by atoms with E-state index in [4.69, 9.17) is 4.74 Å². The van der Waals surface area contributed by atoms with Gasteiger partial charge in [0.2, 0.25) is 11.8 Å². The number of aryl methyl sites for hydroxylation is 1. The predicted octanol–water partition coefficient (Wildman–Crippen LogP) is 4.94. The summed E-state index contributed by atoms with van der Waals surface area (Å²) in [5.74, 6) is -0.787. The third kappa shape index (κ3) is 9.52. The molecule has 0 bridgehead atoms. The average molecular weight is 501 g/mol. The Morgan fingerprint density at radius 3 is 2.28 bits per heavy atom. The van der Waals surface area contributed by atoms with Crippen molar-refractivity contribution in [3.8, 4) is 6.07 Å². The molecule has 1 rings (SSSR count). The molecule has 0 heterocycles. The van der Waals surface area contributed by atoms with Crippen LogP contribution in [0.15, 0.2) is 18.2 Å². The van der Waals surface area contributed by atoms with Crippen LogP contribution in [0, 0.1) is 31.1 Å². The van der Waals surface area contributed by atoms with Crippen LogP contribution < -0.4 is 10.6 Å². The van der Waals surface area contributed by atoms with Gasteiger partial charge in [0.1, 0.15) is 24.2 Å². The van der Waals surface area contributed by atoms with Crippen molar-refractivity contribution in [3.05, 3.63) is 34.9 Å². The summed E-state index contributed by atoms with van der Waals surface area (Å²) in [5.41, 5.74) is 1.76. The third-order valence-electron chi connectivity index (χ3n) is 5.83. The first-order chi connectivity index (χ1) is 16.7. The molecule has 36 heavy (non-hydrogen) atoms. The number of nitriles is 1. The van der Waals surface area contributed by atoms with Crippen molar-refractivity contribution in [1.29, 1.82) is 5.26 Å². The number of carbonyl (C=O) groups excluding carboxylic acids is 3. The molecule has 0 radical (unpaired) electrons. The second kappa shape index (κ2) is 13.9. The summed E-state index contributed by atoms with van der Waals surface area (Å²) in [6, 6.07) is 5.57. The molecule has 1 aromatic rings. The minimum Gasteiger partial charge on any atom is -0.444 e. The molecule has 0 spiro atoms. The molecule has 0 saturated carbocycles. The average Bonchev–Trinajstić information content (AvgIpc) is 2.73. The largest absolute Gasteiger partial charge is 0.444 e. The zero-order valence-electron chi connectivity index (χ0n) is 23.4. The van der Waals surface area contributed by atoms with E-state index in [0.29, 0.717) is 12.0 Å². The Kier molecular flexibility index (Phi) is 11.9. The van der Waals surface area contributed by atoms with Gasteiger partial charge in [-0.2, -0.15) is 5.26 Å². The summed E-state index contributed by atoms with van der Waals surface area (Å²) >= 11 is 0. The molecule has 0 fully saturated rings. The molecule has 0 aliphatic rings. The van der Waals surface area contributed by atoms with Gasteiger partial charge in [0.15, 0.2) is 0 Å². The van der Waals surface area contributed by atoms with E-state index in [1.54, 1.807) is 20.8 Å². The summed E-state index contributed by atoms with van der Waals surface area (Å²) in [6.07, 6.45) is 1.29. The molecule has 1 aromatic carbocycles. The minimum absolute atomic E-state index is 0.0652. The van der Waals surface area contributed by atoms with Crippen LogP contribution in [-0.2, 0) is 14.3 Å². The zero-order valence-corrected chi connectivity index (χ0v) is 23.4. The molecule has 8 nitrogen and oxygen atoms in total. The van der Waals surface area contributed by atoms with Crippen LogP contribution >= 0.6 is 0 Å². The number of nitrogens with zero attached hydrogens (tertiary/aromatic N) is 2. The first-order valence-electron chi connectivity index (χ1n) is 12.7. The second-order valence-electron chi connectivity index (χ2n) is 10.8. The zero-order chi connectivity index (χ0) is 27.6. The molecule has 0 aromatic heterocycles. The van der Waals surface area contributed by atoms with Gasteiger partial charge < -0.3 is 20.3 Å². The van der Waals surface area contributed by atoms with Gasteiger partial charge in [-0.15, -0.1) is 0 Å². The summed E-state index contributed by atoms with van der Waals surface area (Å²) < 4.78 is 5.38. The van der Waals surface area contributed by atoms with Crippen LogP contribution in [0.5, 0.6) is 0 Å². The number of benzene rings is 1. The van der Waals surface area contributed by atoms with Gasteiger partial charge in [0.05, 0.1) is 6.07 Å². The number of hydrogen-bond acceptors (Lipinski definition) is 5. The van der Waals surface area contributed by atoms with Crippen LogP contribution in [0.25, 0.3) is 0 Å². The molecular formula is C28H44N4O4. The molecule has 3 unspecified atom stereocenters. The second-order valence-corrected chi connectivity index (χ2v) is 10.8. The monoisotopic (exact) mass is 500 g/mol. The number of hydrogen-bond donors (Lipinski definition) is 2. The summed E-state index contributed by atoms with van der Waals surface area (Å²) in [4.78, 5) is 41.4. The van der Waals surface area contributed by atoms with Gasteiger partial charge in [-0.25, -0.2) is 4.79 Å². The van der Waals surface area contributed by atoms with Gasteiger partial charge in [0, 0.05) is 6.04 Å². The van der Waals surface area contributed by atoms with Crippen LogP contribution in [0.1, 0.15) is 90.5 Å². The topological polar surface area (TPSA) is 112 Å². The van der Waals surface area contributed by atoms with Gasteiger partial charge >= 0.3 is 6.09 Å². The first kappa shape index (κ1) is 31.0. The van der Waals surface area contributed by atoms with Crippen molar-refractivity contribution < 1.29 is 19.1 Å². The number of ether oxygens (including phenoxy) is 1. The fourth-order valence-corrected chi connectivity index (χ4v) is 4.06. The van der Waals surface area contributed by atoms with E-state index >= 15 is 0 Å². The molecule has 0 aliphatic heterocycles. The molecule has 0 aliphatic carbocycles. The maximum absolute atomic E-state index is 13.9. The summed E-state index contributed by atoms with van der Waals surface area (Å²) in [7, 11) is 0. The smallest absolute Gasteiger partial charge is 0.408 e. The summed E-state index contributed by atoms with van der Waals surface area (Å²) in [5, 5.41) is 15.4. The van der Waals surface area contributed by atoms with E-state index < -0.39 is 29.7 Å². The Labute approximate surface area is 216 Å². The maximum atomic E-state index is 13.9. The van der Waals surface area contributed by atoms with E-state index in [9.17, 15) is 19.6 Å². The highest BCUT2D eigenvalue weighted by atomic mass is 16.6. The third-order valence-corrected chi connectivity index (χ3v) is 5.83. The Balaban J connectivity index is 3.53. The standard InChI is InChI=1S/C28H44N4O4/c1-10-12-20(5)30-25(33)24(22-14-11-13-19(4)21(22)6)32(16-15-29)26(34)23(17-18(2)3)31-27(35)36-28(7,8)9/h11,13-14,18,20,23-24H,10,12,16-17H2,1-9H3,(H,30,33)(H,31,35). The SMILES string of the molecule is CCCC(C)NC(=O)C(c1cccc(C)c1C)N(CC#N)C(=O)C(CC(C)C)NC(=O)OC(C)(C)C. The lowest BCUT2D eigenvalue weighted by Gasteiger charge is -2.34. The van der Waals surface area contributed by atoms with Crippen molar-refractivity contribution in [2.24, 2.45) is 5.92 Å². The van der Waals surface area contributed by atoms with E-state index in [1.807, 2.05) is 65.8 Å². The number of amides is 3. The number of nitrogens with one attached hydrogen (secondary N) is 2. The van der Waals surface area contributed by atoms with Crippen molar-refractivity contribution in [2.45, 2.75) is 105 Å². The Bertz CT molecular complexity index is 946. The molecule has 0 saturated heterocycles. The molecular weight excluding hydrogens is 456 g/mol. The van der Waals surface area contributed by atoms with Crippen LogP contribution in [-0.4, -0.2) is 47.0 Å². The van der Waals surface area contributed by atoms with Crippen LogP contribution in [0.4, 0.5) is 4.79 Å². The van der Waals surface area contributed by atoms with Crippen molar-refractivity contribution in [2.75, 3.05) is 6.54 Å². The van der Waals surface area contributed by atoms with Crippen LogP contribution in [0.2, 0.25) is 0 Å². The van der Waals surface area contributed by atoms with E-state index in [0.717, 1.165) is 24.0 Å². The van der Waals surface area contributed by atoms with Crippen LogP contribution in [0.3, 0.4) is 0 Å².